The summed E-state index contributed by atoms with van der Waals surface area (Å²) in [5, 5.41) is 3.69. The molecule has 0 radical (unpaired) electrons. The molecule has 116 valence electrons. The highest BCUT2D eigenvalue weighted by Gasteiger charge is 2.24. The van der Waals surface area contributed by atoms with E-state index in [0.29, 0.717) is 5.41 Å². The third-order valence-corrected chi connectivity index (χ3v) is 4.61. The third kappa shape index (κ3) is 9.49. The van der Waals surface area contributed by atoms with E-state index in [4.69, 9.17) is 0 Å². The molecule has 0 unspecified atom stereocenters. The van der Waals surface area contributed by atoms with Crippen molar-refractivity contribution in [1.29, 1.82) is 0 Å². The lowest BCUT2D eigenvalue weighted by molar-refractivity contribution is 0.217. The fourth-order valence-corrected chi connectivity index (χ4v) is 2.85. The Morgan fingerprint density at radius 3 is 1.95 bits per heavy atom. The van der Waals surface area contributed by atoms with E-state index in [2.05, 4.69) is 39.9 Å². The van der Waals surface area contributed by atoms with Gasteiger partial charge < -0.3 is 5.32 Å². The Morgan fingerprint density at radius 1 is 0.842 bits per heavy atom. The summed E-state index contributed by atoms with van der Waals surface area (Å²) in [6.07, 6.45) is 12.6. The van der Waals surface area contributed by atoms with Crippen molar-refractivity contribution < 1.29 is 0 Å². The van der Waals surface area contributed by atoms with Crippen molar-refractivity contribution in [3.8, 4) is 0 Å². The fraction of sp³-hybridized carbons (Fsp3) is 1.00. The van der Waals surface area contributed by atoms with Crippen LogP contribution in [0.3, 0.4) is 0 Å². The summed E-state index contributed by atoms with van der Waals surface area (Å²) in [6, 6.07) is 0. The second kappa shape index (κ2) is 11.8. The van der Waals surface area contributed by atoms with Crippen molar-refractivity contribution in [3.05, 3.63) is 0 Å². The molecule has 0 heterocycles. The van der Waals surface area contributed by atoms with Crippen molar-refractivity contribution in [3.63, 3.8) is 0 Å². The van der Waals surface area contributed by atoms with Crippen LogP contribution in [0.25, 0.3) is 0 Å². The number of hydrogen-bond donors (Lipinski definition) is 1. The topological polar surface area (TPSA) is 12.0 Å². The Bertz CT molecular complexity index is 182. The Labute approximate surface area is 122 Å². The van der Waals surface area contributed by atoms with Gasteiger partial charge in [-0.2, -0.15) is 0 Å². The maximum Gasteiger partial charge on any atom is 0.000771 e. The normalized spacial score (nSPS) is 12.3. The van der Waals surface area contributed by atoms with Crippen molar-refractivity contribution in [2.24, 2.45) is 11.3 Å². The molecule has 0 amide bonds. The summed E-state index contributed by atoms with van der Waals surface area (Å²) in [4.78, 5) is 0. The van der Waals surface area contributed by atoms with Crippen LogP contribution in [0.5, 0.6) is 0 Å². The van der Waals surface area contributed by atoms with E-state index < -0.39 is 0 Å². The molecule has 0 bridgehead atoms. The van der Waals surface area contributed by atoms with E-state index in [1.807, 2.05) is 0 Å². The van der Waals surface area contributed by atoms with Crippen LogP contribution in [0.4, 0.5) is 0 Å². The second-order valence-corrected chi connectivity index (χ2v) is 6.75. The number of hydrogen-bond acceptors (Lipinski definition) is 1. The summed E-state index contributed by atoms with van der Waals surface area (Å²) in [6.45, 7) is 14.0. The first-order valence-electron chi connectivity index (χ1n) is 8.81. The lowest BCUT2D eigenvalue weighted by atomic mass is 9.77. The average molecular weight is 270 g/mol. The summed E-state index contributed by atoms with van der Waals surface area (Å²) in [5.41, 5.74) is 0.555. The van der Waals surface area contributed by atoms with Gasteiger partial charge in [-0.25, -0.2) is 0 Å². The second-order valence-electron chi connectivity index (χ2n) is 6.75. The van der Waals surface area contributed by atoms with Crippen LogP contribution in [0.1, 0.15) is 92.4 Å². The maximum absolute atomic E-state index is 3.69. The molecule has 0 aromatic rings. The van der Waals surface area contributed by atoms with Crippen LogP contribution >= 0.6 is 0 Å². The first kappa shape index (κ1) is 19.0. The van der Waals surface area contributed by atoms with Gasteiger partial charge in [0.1, 0.15) is 0 Å². The lowest BCUT2D eigenvalue weighted by Crippen LogP contribution is -2.35. The van der Waals surface area contributed by atoms with Gasteiger partial charge in [0.2, 0.25) is 0 Å². The molecule has 0 saturated carbocycles. The Kier molecular flexibility index (Phi) is 11.7. The highest BCUT2D eigenvalue weighted by atomic mass is 14.9. The van der Waals surface area contributed by atoms with Crippen LogP contribution in [-0.4, -0.2) is 13.1 Å². The van der Waals surface area contributed by atoms with Crippen molar-refractivity contribution in [1.82, 2.24) is 5.32 Å². The minimum absolute atomic E-state index is 0.555. The highest BCUT2D eigenvalue weighted by molar-refractivity contribution is 4.79. The predicted molar refractivity (Wildman–Crippen MR) is 88.7 cm³/mol. The molecule has 0 fully saturated rings. The van der Waals surface area contributed by atoms with Gasteiger partial charge in [0, 0.05) is 6.54 Å². The molecule has 1 N–H and O–H groups in total. The van der Waals surface area contributed by atoms with Gasteiger partial charge in [-0.05, 0) is 37.1 Å². The van der Waals surface area contributed by atoms with Gasteiger partial charge in [-0.15, -0.1) is 0 Å². The highest BCUT2D eigenvalue weighted by Crippen LogP contribution is 2.32. The van der Waals surface area contributed by atoms with Crippen LogP contribution < -0.4 is 5.32 Å². The van der Waals surface area contributed by atoms with Crippen LogP contribution in [0.15, 0.2) is 0 Å². The first-order chi connectivity index (χ1) is 9.10. The molecular formula is C18H39N. The van der Waals surface area contributed by atoms with Crippen LogP contribution in [-0.2, 0) is 0 Å². The average Bonchev–Trinajstić information content (AvgIpc) is 2.40. The molecular weight excluding hydrogens is 230 g/mol. The largest absolute Gasteiger partial charge is 0.316 e. The molecule has 0 aromatic carbocycles. The van der Waals surface area contributed by atoms with Crippen LogP contribution in [0, 0.1) is 11.3 Å². The smallest absolute Gasteiger partial charge is 0.000771 e. The van der Waals surface area contributed by atoms with E-state index in [1.54, 1.807) is 0 Å². The molecule has 0 aromatic heterocycles. The molecule has 0 aliphatic heterocycles. The molecule has 0 aliphatic carbocycles. The van der Waals surface area contributed by atoms with Gasteiger partial charge in [0.25, 0.3) is 0 Å². The molecule has 1 heteroatoms. The van der Waals surface area contributed by atoms with E-state index in [0.717, 1.165) is 12.5 Å². The SMILES string of the molecule is CCCCCCCCC(CC)(CC)CNCC(C)C. The van der Waals surface area contributed by atoms with Gasteiger partial charge in [-0.3, -0.25) is 0 Å². The van der Waals surface area contributed by atoms with Crippen LogP contribution in [0.2, 0.25) is 0 Å². The first-order valence-corrected chi connectivity index (χ1v) is 8.81. The minimum atomic E-state index is 0.555. The molecule has 0 rings (SSSR count). The molecule has 0 spiro atoms. The minimum Gasteiger partial charge on any atom is -0.316 e. The molecule has 1 nitrogen and oxygen atoms in total. The van der Waals surface area contributed by atoms with Crippen molar-refractivity contribution >= 4 is 0 Å². The molecule has 0 saturated heterocycles. The summed E-state index contributed by atoms with van der Waals surface area (Å²) < 4.78 is 0. The molecule has 0 atom stereocenters. The molecule has 19 heavy (non-hydrogen) atoms. The zero-order valence-corrected chi connectivity index (χ0v) is 14.4. The van der Waals surface area contributed by atoms with Gasteiger partial charge >= 0.3 is 0 Å². The lowest BCUT2D eigenvalue weighted by Gasteiger charge is -2.32. The van der Waals surface area contributed by atoms with Crippen molar-refractivity contribution in [2.45, 2.75) is 92.4 Å². The summed E-state index contributed by atoms with van der Waals surface area (Å²) >= 11 is 0. The van der Waals surface area contributed by atoms with Gasteiger partial charge in [0.05, 0.1) is 0 Å². The van der Waals surface area contributed by atoms with E-state index >= 15 is 0 Å². The maximum atomic E-state index is 3.69. The Hall–Kier alpha value is -0.0400. The zero-order chi connectivity index (χ0) is 14.6. The van der Waals surface area contributed by atoms with Crippen molar-refractivity contribution in [2.75, 3.05) is 13.1 Å². The summed E-state index contributed by atoms with van der Waals surface area (Å²) in [5.74, 6) is 0.764. The molecule has 0 aliphatic rings. The van der Waals surface area contributed by atoms with Gasteiger partial charge in [-0.1, -0.05) is 73.1 Å². The monoisotopic (exact) mass is 269 g/mol. The number of unbranched alkanes of at least 4 members (excludes halogenated alkanes) is 5. The Balaban J connectivity index is 3.87. The number of rotatable bonds is 13. The van der Waals surface area contributed by atoms with E-state index in [1.165, 1.54) is 64.3 Å². The van der Waals surface area contributed by atoms with Gasteiger partial charge in [0.15, 0.2) is 0 Å². The standard InChI is InChI=1S/C18H39N/c1-6-9-10-11-12-13-14-18(7-2,8-3)16-19-15-17(4)5/h17,19H,6-16H2,1-5H3. The summed E-state index contributed by atoms with van der Waals surface area (Å²) in [7, 11) is 0. The Morgan fingerprint density at radius 2 is 1.42 bits per heavy atom. The van der Waals surface area contributed by atoms with E-state index in [9.17, 15) is 0 Å². The predicted octanol–water partition coefficient (Wildman–Crippen LogP) is 5.79. The fourth-order valence-electron chi connectivity index (χ4n) is 2.85. The number of nitrogens with one attached hydrogen (secondary N) is 1. The quantitative estimate of drug-likeness (QED) is 0.417. The third-order valence-electron chi connectivity index (χ3n) is 4.61. The zero-order valence-electron chi connectivity index (χ0n) is 14.4. The van der Waals surface area contributed by atoms with E-state index in [-0.39, 0.29) is 0 Å².